The number of carbonyl (C=O) groups excluding carboxylic acids is 2. The summed E-state index contributed by atoms with van der Waals surface area (Å²) in [4.78, 5) is 30.9. The van der Waals surface area contributed by atoms with E-state index in [9.17, 15) is 9.59 Å². The molecule has 2 atom stereocenters. The summed E-state index contributed by atoms with van der Waals surface area (Å²) in [5, 5.41) is 2.97. The number of hydrogen-bond acceptors (Lipinski definition) is 4. The molecule has 2 heterocycles. The quantitative estimate of drug-likeness (QED) is 0.838. The van der Waals surface area contributed by atoms with Gasteiger partial charge in [0.05, 0.1) is 5.25 Å². The first-order valence-electron chi connectivity index (χ1n) is 9.78. The average molecular weight is 391 g/mol. The van der Waals surface area contributed by atoms with Crippen molar-refractivity contribution in [3.05, 3.63) is 35.4 Å². The number of rotatable bonds is 5. The van der Waals surface area contributed by atoms with Gasteiger partial charge in [-0.05, 0) is 31.9 Å². The number of aryl methyl sites for hydroxylation is 1. The molecule has 0 radical (unpaired) electrons. The number of hydrogen-bond donors (Lipinski definition) is 1. The molecule has 0 aromatic heterocycles. The second-order valence-electron chi connectivity index (χ2n) is 7.18. The van der Waals surface area contributed by atoms with Gasteiger partial charge in [0, 0.05) is 45.8 Å². The molecule has 1 aromatic carbocycles. The molecule has 27 heavy (non-hydrogen) atoms. The molecule has 1 aromatic rings. The molecular formula is C20H30N4O2S. The minimum Gasteiger partial charge on any atom is -0.338 e. The SMILES string of the molecule is CCNC(=O)N1CCN(CCN2C(=O)C(C)SC2c2ccccc2C)CC1. The van der Waals surface area contributed by atoms with Gasteiger partial charge in [-0.3, -0.25) is 9.69 Å². The molecule has 0 aliphatic carbocycles. The summed E-state index contributed by atoms with van der Waals surface area (Å²) in [5.74, 6) is 0.231. The third-order valence-corrected chi connectivity index (χ3v) is 6.72. The smallest absolute Gasteiger partial charge is 0.317 e. The van der Waals surface area contributed by atoms with Crippen molar-refractivity contribution in [3.8, 4) is 0 Å². The van der Waals surface area contributed by atoms with E-state index in [0.29, 0.717) is 6.54 Å². The van der Waals surface area contributed by atoms with Crippen molar-refractivity contribution in [2.75, 3.05) is 45.8 Å². The Labute approximate surface area is 166 Å². The van der Waals surface area contributed by atoms with Gasteiger partial charge >= 0.3 is 6.03 Å². The highest BCUT2D eigenvalue weighted by Crippen LogP contribution is 2.43. The highest BCUT2D eigenvalue weighted by Gasteiger charge is 2.39. The number of urea groups is 1. The summed E-state index contributed by atoms with van der Waals surface area (Å²) in [7, 11) is 0. The van der Waals surface area contributed by atoms with Gasteiger partial charge in [-0.1, -0.05) is 24.3 Å². The molecule has 2 aliphatic heterocycles. The maximum Gasteiger partial charge on any atom is 0.317 e. The monoisotopic (exact) mass is 390 g/mol. The Morgan fingerprint density at radius 3 is 2.56 bits per heavy atom. The van der Waals surface area contributed by atoms with E-state index >= 15 is 0 Å². The Hall–Kier alpha value is -1.73. The number of benzene rings is 1. The van der Waals surface area contributed by atoms with Crippen molar-refractivity contribution in [1.29, 1.82) is 0 Å². The van der Waals surface area contributed by atoms with Crippen molar-refractivity contribution in [2.24, 2.45) is 0 Å². The van der Waals surface area contributed by atoms with Gasteiger partial charge in [0.15, 0.2) is 0 Å². The molecule has 2 saturated heterocycles. The topological polar surface area (TPSA) is 55.9 Å². The second-order valence-corrected chi connectivity index (χ2v) is 8.61. The zero-order valence-corrected chi connectivity index (χ0v) is 17.3. The number of thioether (sulfide) groups is 1. The lowest BCUT2D eigenvalue weighted by Gasteiger charge is -2.36. The number of nitrogens with zero attached hydrogens (tertiary/aromatic N) is 3. The van der Waals surface area contributed by atoms with E-state index in [0.717, 1.165) is 39.3 Å². The molecule has 148 valence electrons. The van der Waals surface area contributed by atoms with Crippen molar-refractivity contribution >= 4 is 23.7 Å². The minimum atomic E-state index is 0.00388. The van der Waals surface area contributed by atoms with Crippen LogP contribution in [0.3, 0.4) is 0 Å². The summed E-state index contributed by atoms with van der Waals surface area (Å²) >= 11 is 1.74. The molecule has 2 unspecified atom stereocenters. The Kier molecular flexibility index (Phi) is 6.65. The van der Waals surface area contributed by atoms with Gasteiger partial charge in [-0.15, -0.1) is 11.8 Å². The van der Waals surface area contributed by atoms with Gasteiger partial charge in [-0.25, -0.2) is 4.79 Å². The zero-order chi connectivity index (χ0) is 19.4. The summed E-state index contributed by atoms with van der Waals surface area (Å²) in [6.45, 7) is 11.5. The second kappa shape index (κ2) is 8.97. The molecule has 6 nitrogen and oxygen atoms in total. The van der Waals surface area contributed by atoms with E-state index in [-0.39, 0.29) is 22.6 Å². The lowest BCUT2D eigenvalue weighted by Crippen LogP contribution is -2.53. The predicted molar refractivity (Wildman–Crippen MR) is 110 cm³/mol. The molecule has 7 heteroatoms. The number of amides is 3. The molecule has 0 spiro atoms. The van der Waals surface area contributed by atoms with E-state index in [1.165, 1.54) is 11.1 Å². The predicted octanol–water partition coefficient (Wildman–Crippen LogP) is 2.30. The van der Waals surface area contributed by atoms with Crippen LogP contribution in [-0.2, 0) is 4.79 Å². The Bertz CT molecular complexity index is 676. The maximum absolute atomic E-state index is 12.7. The van der Waals surface area contributed by atoms with Crippen molar-refractivity contribution in [3.63, 3.8) is 0 Å². The van der Waals surface area contributed by atoms with Crippen LogP contribution in [0.5, 0.6) is 0 Å². The molecule has 3 rings (SSSR count). The van der Waals surface area contributed by atoms with E-state index in [4.69, 9.17) is 0 Å². The average Bonchev–Trinajstić information content (AvgIpc) is 2.95. The van der Waals surface area contributed by atoms with Crippen LogP contribution in [0, 0.1) is 6.92 Å². The molecule has 0 bridgehead atoms. The van der Waals surface area contributed by atoms with Crippen LogP contribution in [0.4, 0.5) is 4.79 Å². The molecule has 2 aliphatic rings. The van der Waals surface area contributed by atoms with Crippen LogP contribution in [0.2, 0.25) is 0 Å². The van der Waals surface area contributed by atoms with Gasteiger partial charge < -0.3 is 15.1 Å². The fraction of sp³-hybridized carbons (Fsp3) is 0.600. The summed E-state index contributed by atoms with van der Waals surface area (Å²) in [6.07, 6.45) is 0. The fourth-order valence-corrected chi connectivity index (χ4v) is 5.10. The lowest BCUT2D eigenvalue weighted by molar-refractivity contribution is -0.130. The highest BCUT2D eigenvalue weighted by molar-refractivity contribution is 8.01. The largest absolute Gasteiger partial charge is 0.338 e. The van der Waals surface area contributed by atoms with Gasteiger partial charge in [0.2, 0.25) is 5.91 Å². The zero-order valence-electron chi connectivity index (χ0n) is 16.5. The standard InChI is InChI=1S/C20H30N4O2S/c1-4-21-20(26)23-12-9-22(10-13-23)11-14-24-18(25)16(3)27-19(24)17-8-6-5-7-15(17)2/h5-8,16,19H,4,9-14H2,1-3H3,(H,21,26). The minimum absolute atomic E-state index is 0.00388. The van der Waals surface area contributed by atoms with E-state index in [1.54, 1.807) is 11.8 Å². The van der Waals surface area contributed by atoms with Crippen LogP contribution in [0.15, 0.2) is 24.3 Å². The van der Waals surface area contributed by atoms with Crippen molar-refractivity contribution in [2.45, 2.75) is 31.4 Å². The summed E-state index contributed by atoms with van der Waals surface area (Å²) < 4.78 is 0. The third kappa shape index (κ3) is 4.58. The summed E-state index contributed by atoms with van der Waals surface area (Å²) in [5.41, 5.74) is 2.47. The fourth-order valence-electron chi connectivity index (χ4n) is 3.69. The van der Waals surface area contributed by atoms with Gasteiger partial charge in [0.25, 0.3) is 0 Å². The summed E-state index contributed by atoms with van der Waals surface area (Å²) in [6, 6.07) is 8.37. The molecule has 0 saturated carbocycles. The molecular weight excluding hydrogens is 360 g/mol. The van der Waals surface area contributed by atoms with Crippen molar-refractivity contribution < 1.29 is 9.59 Å². The van der Waals surface area contributed by atoms with Crippen molar-refractivity contribution in [1.82, 2.24) is 20.0 Å². The Morgan fingerprint density at radius 1 is 1.19 bits per heavy atom. The molecule has 1 N–H and O–H groups in total. The first-order valence-corrected chi connectivity index (χ1v) is 10.7. The molecule has 3 amide bonds. The first-order chi connectivity index (χ1) is 13.0. The van der Waals surface area contributed by atoms with Gasteiger partial charge in [-0.2, -0.15) is 0 Å². The van der Waals surface area contributed by atoms with Crippen LogP contribution in [0.25, 0.3) is 0 Å². The maximum atomic E-state index is 12.7. The number of piperazine rings is 1. The van der Waals surface area contributed by atoms with E-state index in [1.807, 2.05) is 29.7 Å². The van der Waals surface area contributed by atoms with Crippen LogP contribution < -0.4 is 5.32 Å². The Balaban J connectivity index is 1.57. The van der Waals surface area contributed by atoms with Crippen LogP contribution in [-0.4, -0.2) is 77.7 Å². The third-order valence-electron chi connectivity index (χ3n) is 5.35. The molecule has 2 fully saturated rings. The highest BCUT2D eigenvalue weighted by atomic mass is 32.2. The van der Waals surface area contributed by atoms with Crippen LogP contribution >= 0.6 is 11.8 Å². The number of nitrogens with one attached hydrogen (secondary N) is 1. The van der Waals surface area contributed by atoms with E-state index in [2.05, 4.69) is 35.3 Å². The van der Waals surface area contributed by atoms with Crippen LogP contribution in [0.1, 0.15) is 30.3 Å². The van der Waals surface area contributed by atoms with E-state index < -0.39 is 0 Å². The van der Waals surface area contributed by atoms with Gasteiger partial charge in [0.1, 0.15) is 5.37 Å². The lowest BCUT2D eigenvalue weighted by atomic mass is 10.1. The Morgan fingerprint density at radius 2 is 1.89 bits per heavy atom. The number of carbonyl (C=O) groups is 2. The normalized spacial score (nSPS) is 23.7. The first kappa shape index (κ1) is 20.0.